The normalized spacial score (nSPS) is 24.2. The summed E-state index contributed by atoms with van der Waals surface area (Å²) in [5.41, 5.74) is 2.38. The molecule has 1 aliphatic heterocycles. The van der Waals surface area contributed by atoms with Crippen molar-refractivity contribution in [1.82, 2.24) is 20.4 Å². The molecule has 0 unspecified atom stereocenters. The molecule has 2 aliphatic carbocycles. The van der Waals surface area contributed by atoms with Crippen LogP contribution in [0.25, 0.3) is 0 Å². The predicted octanol–water partition coefficient (Wildman–Crippen LogP) is 1.79. The van der Waals surface area contributed by atoms with E-state index in [0.29, 0.717) is 5.69 Å². The van der Waals surface area contributed by atoms with Crippen LogP contribution in [0.15, 0.2) is 0 Å². The molecule has 2 heterocycles. The molecule has 1 saturated heterocycles. The second-order valence-corrected chi connectivity index (χ2v) is 8.19. The fourth-order valence-corrected chi connectivity index (χ4v) is 4.78. The van der Waals surface area contributed by atoms with Gasteiger partial charge in [-0.2, -0.15) is 5.10 Å². The molecular formula is C19H30N4O2. The third-order valence-corrected chi connectivity index (χ3v) is 6.25. The van der Waals surface area contributed by atoms with Crippen molar-refractivity contribution in [3.05, 3.63) is 17.0 Å². The van der Waals surface area contributed by atoms with Gasteiger partial charge in [0.05, 0.1) is 5.60 Å². The molecule has 0 radical (unpaired) electrons. The van der Waals surface area contributed by atoms with E-state index in [-0.39, 0.29) is 11.9 Å². The first-order chi connectivity index (χ1) is 12.1. The van der Waals surface area contributed by atoms with Crippen molar-refractivity contribution in [2.75, 3.05) is 19.6 Å². The molecule has 0 spiro atoms. The van der Waals surface area contributed by atoms with Gasteiger partial charge in [0, 0.05) is 36.9 Å². The van der Waals surface area contributed by atoms with E-state index in [2.05, 4.69) is 20.4 Å². The first-order valence-electron chi connectivity index (χ1n) is 9.95. The van der Waals surface area contributed by atoms with Gasteiger partial charge in [-0.3, -0.25) is 9.89 Å². The van der Waals surface area contributed by atoms with Gasteiger partial charge in [0.2, 0.25) is 0 Å². The van der Waals surface area contributed by atoms with Crippen molar-refractivity contribution >= 4 is 5.91 Å². The Labute approximate surface area is 149 Å². The Balaban J connectivity index is 1.26. The summed E-state index contributed by atoms with van der Waals surface area (Å²) in [7, 11) is 0. The first-order valence-corrected chi connectivity index (χ1v) is 9.95. The van der Waals surface area contributed by atoms with Crippen molar-refractivity contribution in [3.63, 3.8) is 0 Å². The Bertz CT molecular complexity index is 613. The van der Waals surface area contributed by atoms with Gasteiger partial charge >= 0.3 is 0 Å². The maximum absolute atomic E-state index is 12.5. The number of aromatic nitrogens is 2. The molecule has 1 aromatic rings. The fraction of sp³-hybridized carbons (Fsp3) is 0.789. The summed E-state index contributed by atoms with van der Waals surface area (Å²) >= 11 is 0. The molecule has 3 aliphatic rings. The number of carbonyl (C=O) groups is 1. The molecule has 1 saturated carbocycles. The number of aromatic amines is 1. The number of likely N-dealkylation sites (tertiary alicyclic amines) is 1. The lowest BCUT2D eigenvalue weighted by molar-refractivity contribution is -0.0312. The Morgan fingerprint density at radius 2 is 1.96 bits per heavy atom. The van der Waals surface area contributed by atoms with E-state index in [4.69, 9.17) is 0 Å². The van der Waals surface area contributed by atoms with Crippen molar-refractivity contribution in [2.24, 2.45) is 0 Å². The van der Waals surface area contributed by atoms with Crippen LogP contribution in [0.2, 0.25) is 0 Å². The number of amides is 1. The molecule has 4 rings (SSSR count). The molecule has 0 bridgehead atoms. The SMILES string of the molecule is O=C(NC1CCN(CC2(O)CCCCC2)CC1)c1n[nH]c2c1CCC2. The summed E-state index contributed by atoms with van der Waals surface area (Å²) in [5, 5.41) is 21.1. The largest absolute Gasteiger partial charge is 0.389 e. The Morgan fingerprint density at radius 1 is 1.20 bits per heavy atom. The number of hydrogen-bond acceptors (Lipinski definition) is 4. The number of fused-ring (bicyclic) bond motifs is 1. The van der Waals surface area contributed by atoms with Crippen LogP contribution in [0.4, 0.5) is 0 Å². The molecule has 2 fully saturated rings. The van der Waals surface area contributed by atoms with E-state index in [1.807, 2.05) is 0 Å². The number of hydrogen-bond donors (Lipinski definition) is 3. The Morgan fingerprint density at radius 3 is 2.72 bits per heavy atom. The number of H-pyrrole nitrogens is 1. The minimum atomic E-state index is -0.482. The first kappa shape index (κ1) is 17.0. The van der Waals surface area contributed by atoms with Crippen molar-refractivity contribution < 1.29 is 9.90 Å². The predicted molar refractivity (Wildman–Crippen MR) is 95.6 cm³/mol. The van der Waals surface area contributed by atoms with E-state index >= 15 is 0 Å². The van der Waals surface area contributed by atoms with Gasteiger partial charge in [-0.25, -0.2) is 0 Å². The molecular weight excluding hydrogens is 316 g/mol. The number of aryl methyl sites for hydroxylation is 1. The van der Waals surface area contributed by atoms with Gasteiger partial charge in [0.25, 0.3) is 5.91 Å². The minimum Gasteiger partial charge on any atom is -0.389 e. The average molecular weight is 346 g/mol. The summed E-state index contributed by atoms with van der Waals surface area (Å²) in [6, 6.07) is 0.221. The monoisotopic (exact) mass is 346 g/mol. The highest BCUT2D eigenvalue weighted by Crippen LogP contribution is 2.29. The summed E-state index contributed by atoms with van der Waals surface area (Å²) < 4.78 is 0. The number of aliphatic hydroxyl groups is 1. The molecule has 25 heavy (non-hydrogen) atoms. The molecule has 0 aromatic carbocycles. The topological polar surface area (TPSA) is 81.2 Å². The summed E-state index contributed by atoms with van der Waals surface area (Å²) in [5.74, 6) is -0.0243. The molecule has 6 nitrogen and oxygen atoms in total. The van der Waals surface area contributed by atoms with Crippen LogP contribution in [0.1, 0.15) is 73.1 Å². The summed E-state index contributed by atoms with van der Waals surface area (Å²) in [6.07, 6.45) is 10.4. The zero-order valence-corrected chi connectivity index (χ0v) is 15.0. The smallest absolute Gasteiger partial charge is 0.272 e. The van der Waals surface area contributed by atoms with Crippen LogP contribution in [0.3, 0.4) is 0 Å². The lowest BCUT2D eigenvalue weighted by atomic mass is 9.84. The highest BCUT2D eigenvalue weighted by Gasteiger charge is 2.33. The molecule has 1 aromatic heterocycles. The van der Waals surface area contributed by atoms with Gasteiger partial charge in [0.15, 0.2) is 5.69 Å². The second-order valence-electron chi connectivity index (χ2n) is 8.19. The molecule has 0 atom stereocenters. The number of β-amino-alcohol motifs (C(OH)–C–C–N with tert-alkyl or cyclic N) is 1. The highest BCUT2D eigenvalue weighted by molar-refractivity contribution is 5.94. The van der Waals surface area contributed by atoms with Crippen LogP contribution in [-0.4, -0.2) is 57.4 Å². The Hall–Kier alpha value is -1.40. The summed E-state index contributed by atoms with van der Waals surface area (Å²) in [6.45, 7) is 2.69. The van der Waals surface area contributed by atoms with Crippen LogP contribution in [-0.2, 0) is 12.8 Å². The van der Waals surface area contributed by atoms with E-state index in [0.717, 1.165) is 88.7 Å². The standard InChI is InChI=1S/C19H30N4O2/c24-18(17-15-5-4-6-16(15)21-22-17)20-14-7-11-23(12-8-14)13-19(25)9-2-1-3-10-19/h14,25H,1-13H2,(H,20,24)(H,21,22). The van der Waals surface area contributed by atoms with Crippen molar-refractivity contribution in [3.8, 4) is 0 Å². The van der Waals surface area contributed by atoms with Gasteiger partial charge in [-0.15, -0.1) is 0 Å². The molecule has 3 N–H and O–H groups in total. The zero-order valence-electron chi connectivity index (χ0n) is 15.0. The van der Waals surface area contributed by atoms with Crippen LogP contribution in [0.5, 0.6) is 0 Å². The van der Waals surface area contributed by atoms with Crippen LogP contribution >= 0.6 is 0 Å². The van der Waals surface area contributed by atoms with Gasteiger partial charge in [-0.05, 0) is 44.9 Å². The zero-order chi connectivity index (χ0) is 17.3. The van der Waals surface area contributed by atoms with E-state index < -0.39 is 5.60 Å². The van der Waals surface area contributed by atoms with Gasteiger partial charge < -0.3 is 15.3 Å². The van der Waals surface area contributed by atoms with Crippen molar-refractivity contribution in [2.45, 2.75) is 75.9 Å². The molecule has 6 heteroatoms. The number of nitrogens with one attached hydrogen (secondary N) is 2. The maximum Gasteiger partial charge on any atom is 0.272 e. The third kappa shape index (κ3) is 3.75. The number of carbonyl (C=O) groups excluding carboxylic acids is 1. The second kappa shape index (κ2) is 7.08. The van der Waals surface area contributed by atoms with Gasteiger partial charge in [0.1, 0.15) is 0 Å². The summed E-state index contributed by atoms with van der Waals surface area (Å²) in [4.78, 5) is 14.9. The molecule has 1 amide bonds. The van der Waals surface area contributed by atoms with E-state index in [1.165, 1.54) is 6.42 Å². The lowest BCUT2D eigenvalue weighted by Gasteiger charge is -2.40. The van der Waals surface area contributed by atoms with Crippen molar-refractivity contribution in [1.29, 1.82) is 0 Å². The minimum absolute atomic E-state index is 0.0243. The molecule has 138 valence electrons. The highest BCUT2D eigenvalue weighted by atomic mass is 16.3. The van der Waals surface area contributed by atoms with Crippen LogP contribution in [0, 0.1) is 0 Å². The van der Waals surface area contributed by atoms with E-state index in [1.54, 1.807) is 0 Å². The number of nitrogens with zero attached hydrogens (tertiary/aromatic N) is 2. The fourth-order valence-electron chi connectivity index (χ4n) is 4.78. The lowest BCUT2D eigenvalue weighted by Crippen LogP contribution is -2.50. The average Bonchev–Trinajstić information content (AvgIpc) is 3.20. The van der Waals surface area contributed by atoms with Gasteiger partial charge in [-0.1, -0.05) is 19.3 Å². The third-order valence-electron chi connectivity index (χ3n) is 6.25. The number of piperidine rings is 1. The van der Waals surface area contributed by atoms with E-state index in [9.17, 15) is 9.90 Å². The Kier molecular flexibility index (Phi) is 4.82. The maximum atomic E-state index is 12.5. The quantitative estimate of drug-likeness (QED) is 0.776. The number of rotatable bonds is 4. The van der Waals surface area contributed by atoms with Crippen LogP contribution < -0.4 is 5.32 Å².